The average Bonchev–Trinajstić information content (AvgIpc) is 3.61. The molecule has 0 fully saturated rings. The predicted molar refractivity (Wildman–Crippen MR) is 134 cm³/mol. The minimum atomic E-state index is -0.835. The first kappa shape index (κ1) is 25.2. The molecular weight excluding hydrogens is 493 g/mol. The van der Waals surface area contributed by atoms with Gasteiger partial charge in [-0.25, -0.2) is 24.1 Å². The Morgan fingerprint density at radius 3 is 2.89 bits per heavy atom. The summed E-state index contributed by atoms with van der Waals surface area (Å²) >= 11 is 0. The maximum absolute atomic E-state index is 15.1. The molecule has 0 bridgehead atoms. The lowest BCUT2D eigenvalue weighted by atomic mass is 10.0. The van der Waals surface area contributed by atoms with E-state index in [4.69, 9.17) is 9.47 Å². The molecule has 0 aliphatic carbocycles. The largest absolute Gasteiger partial charge is 0.493 e. The molecule has 0 saturated heterocycles. The second-order valence-electron chi connectivity index (χ2n) is 9.73. The molecule has 4 heterocycles. The predicted octanol–water partition coefficient (Wildman–Crippen LogP) is 3.47. The van der Waals surface area contributed by atoms with Gasteiger partial charge in [-0.1, -0.05) is 0 Å². The van der Waals surface area contributed by atoms with E-state index in [1.165, 1.54) is 27.8 Å². The molecule has 11 nitrogen and oxygen atoms in total. The molecule has 38 heavy (non-hydrogen) atoms. The van der Waals surface area contributed by atoms with Gasteiger partial charge in [0, 0.05) is 29.9 Å². The number of aromatic nitrogens is 5. The van der Waals surface area contributed by atoms with Crippen molar-refractivity contribution < 1.29 is 23.8 Å². The van der Waals surface area contributed by atoms with Gasteiger partial charge in [-0.15, -0.1) is 0 Å². The number of hydrogen-bond donors (Lipinski definition) is 1. The highest BCUT2D eigenvalue weighted by atomic mass is 19.1. The highest BCUT2D eigenvalue weighted by Crippen LogP contribution is 2.33. The second kappa shape index (κ2) is 9.75. The van der Waals surface area contributed by atoms with Crippen molar-refractivity contribution >= 4 is 17.7 Å². The van der Waals surface area contributed by atoms with Crippen LogP contribution in [0.25, 0.3) is 16.9 Å². The summed E-state index contributed by atoms with van der Waals surface area (Å²) in [6.45, 7) is 5.55. The number of hydrogen-bond acceptors (Lipinski definition) is 8. The molecule has 1 N–H and O–H groups in total. The van der Waals surface area contributed by atoms with Crippen molar-refractivity contribution in [3.05, 3.63) is 59.4 Å². The van der Waals surface area contributed by atoms with Gasteiger partial charge in [0.05, 0.1) is 43.8 Å². The molecule has 0 radical (unpaired) electrons. The maximum atomic E-state index is 15.1. The van der Waals surface area contributed by atoms with Crippen molar-refractivity contribution in [1.29, 1.82) is 5.26 Å². The van der Waals surface area contributed by atoms with Crippen molar-refractivity contribution in [3.63, 3.8) is 0 Å². The van der Waals surface area contributed by atoms with Crippen LogP contribution in [0.1, 0.15) is 37.6 Å². The Labute approximate surface area is 217 Å². The zero-order valence-corrected chi connectivity index (χ0v) is 21.2. The maximum Gasteiger partial charge on any atom is 0.417 e. The monoisotopic (exact) mass is 519 g/mol. The van der Waals surface area contributed by atoms with Crippen LogP contribution in [0.3, 0.4) is 0 Å². The third-order valence-electron chi connectivity index (χ3n) is 6.00. The van der Waals surface area contributed by atoms with Crippen LogP contribution in [0, 0.1) is 17.1 Å². The molecule has 3 aromatic heterocycles. The number of amides is 1. The van der Waals surface area contributed by atoms with Crippen molar-refractivity contribution in [1.82, 2.24) is 24.1 Å². The van der Waals surface area contributed by atoms with E-state index in [-0.39, 0.29) is 31.3 Å². The Balaban J connectivity index is 1.68. The van der Waals surface area contributed by atoms with Crippen molar-refractivity contribution in [2.24, 2.45) is 0 Å². The number of carbonyl (C=O) groups is 1. The number of carbonyl (C=O) groups excluding carboxylic acids is 1. The van der Waals surface area contributed by atoms with Crippen molar-refractivity contribution in [2.75, 3.05) is 18.1 Å². The third-order valence-corrected chi connectivity index (χ3v) is 6.00. The minimum absolute atomic E-state index is 0.0936. The van der Waals surface area contributed by atoms with Crippen molar-refractivity contribution in [2.45, 2.75) is 45.9 Å². The van der Waals surface area contributed by atoms with E-state index in [0.29, 0.717) is 46.8 Å². The molecule has 0 spiro atoms. The van der Waals surface area contributed by atoms with Crippen LogP contribution < -0.4 is 9.64 Å². The summed E-state index contributed by atoms with van der Waals surface area (Å²) < 4.78 is 29.5. The van der Waals surface area contributed by atoms with Crippen LogP contribution in [-0.2, 0) is 24.2 Å². The Kier molecular flexibility index (Phi) is 6.46. The SMILES string of the molecule is CC(C)(C)OC(=O)N(Cc1c(F)ccc2c1CCO2)c1ncc(-c2ccnn2CCO)c2nc(C#N)cn12. The van der Waals surface area contributed by atoms with Gasteiger partial charge in [-0.3, -0.25) is 9.08 Å². The number of aliphatic hydroxyl groups is 1. The van der Waals surface area contributed by atoms with Gasteiger partial charge < -0.3 is 14.6 Å². The number of imidazole rings is 1. The fourth-order valence-electron chi connectivity index (χ4n) is 4.41. The molecule has 5 rings (SSSR count). The summed E-state index contributed by atoms with van der Waals surface area (Å²) in [5, 5.41) is 23.3. The zero-order chi connectivity index (χ0) is 27.0. The quantitative estimate of drug-likeness (QED) is 0.410. The highest BCUT2D eigenvalue weighted by Gasteiger charge is 2.31. The number of nitrogens with zero attached hydrogens (tertiary/aromatic N) is 7. The third kappa shape index (κ3) is 4.64. The topological polar surface area (TPSA) is 131 Å². The van der Waals surface area contributed by atoms with E-state index in [1.807, 2.05) is 6.07 Å². The molecule has 1 aliphatic heterocycles. The van der Waals surface area contributed by atoms with E-state index in [1.54, 1.807) is 43.8 Å². The summed E-state index contributed by atoms with van der Waals surface area (Å²) in [7, 11) is 0. The molecule has 1 aliphatic rings. The normalized spacial score (nSPS) is 12.7. The number of aliphatic hydroxyl groups excluding tert-OH is 1. The van der Waals surface area contributed by atoms with Gasteiger partial charge in [0.15, 0.2) is 11.3 Å². The molecule has 196 valence electrons. The van der Waals surface area contributed by atoms with Gasteiger partial charge >= 0.3 is 6.09 Å². The summed E-state index contributed by atoms with van der Waals surface area (Å²) in [6.07, 6.45) is 4.31. The van der Waals surface area contributed by atoms with E-state index < -0.39 is 17.5 Å². The van der Waals surface area contributed by atoms with Crippen LogP contribution in [0.5, 0.6) is 5.75 Å². The number of fused-ring (bicyclic) bond motifs is 2. The molecule has 0 unspecified atom stereocenters. The van der Waals surface area contributed by atoms with Gasteiger partial charge in [0.1, 0.15) is 23.2 Å². The van der Waals surface area contributed by atoms with Gasteiger partial charge in [-0.2, -0.15) is 10.4 Å². The van der Waals surface area contributed by atoms with E-state index in [2.05, 4.69) is 15.1 Å². The fourth-order valence-corrected chi connectivity index (χ4v) is 4.41. The smallest absolute Gasteiger partial charge is 0.417 e. The number of rotatable bonds is 6. The average molecular weight is 520 g/mol. The van der Waals surface area contributed by atoms with Gasteiger partial charge in [0.25, 0.3) is 0 Å². The molecule has 12 heteroatoms. The Bertz CT molecular complexity index is 1560. The summed E-state index contributed by atoms with van der Waals surface area (Å²) in [6, 6.07) is 6.65. The number of anilines is 1. The summed E-state index contributed by atoms with van der Waals surface area (Å²) in [4.78, 5) is 23.7. The van der Waals surface area contributed by atoms with Crippen LogP contribution in [0.2, 0.25) is 0 Å². The summed E-state index contributed by atoms with van der Waals surface area (Å²) in [5.41, 5.74) is 1.73. The first-order chi connectivity index (χ1) is 18.2. The number of benzene rings is 1. The van der Waals surface area contributed by atoms with Crippen LogP contribution in [-0.4, -0.2) is 54.2 Å². The molecule has 0 saturated carbocycles. The molecule has 4 aromatic rings. The Morgan fingerprint density at radius 1 is 1.34 bits per heavy atom. The fraction of sp³-hybridized carbons (Fsp3) is 0.346. The van der Waals surface area contributed by atoms with E-state index in [9.17, 15) is 15.2 Å². The van der Waals surface area contributed by atoms with Gasteiger partial charge in [-0.05, 0) is 39.0 Å². The Hall–Kier alpha value is -4.50. The van der Waals surface area contributed by atoms with E-state index >= 15 is 4.39 Å². The standard InChI is InChI=1S/C26H26FN7O4/c1-26(2,3)38-25(36)33(15-19-17-7-11-37-22(17)5-4-20(19)27)24-29-13-18(21-6-8-30-34(21)9-10-35)23-31-16(12-28)14-32(23)24/h4-6,8,13-14,35H,7,9-11,15H2,1-3H3. The van der Waals surface area contributed by atoms with Crippen LogP contribution in [0.15, 0.2) is 36.8 Å². The minimum Gasteiger partial charge on any atom is -0.493 e. The van der Waals surface area contributed by atoms with Crippen molar-refractivity contribution in [3.8, 4) is 23.1 Å². The lowest BCUT2D eigenvalue weighted by Crippen LogP contribution is -2.38. The van der Waals surface area contributed by atoms with Crippen LogP contribution >= 0.6 is 0 Å². The molecule has 0 atom stereocenters. The van der Waals surface area contributed by atoms with E-state index in [0.717, 1.165) is 0 Å². The molecular formula is C26H26FN7O4. The molecule has 1 amide bonds. The zero-order valence-electron chi connectivity index (χ0n) is 21.2. The van der Waals surface area contributed by atoms with Gasteiger partial charge in [0.2, 0.25) is 5.95 Å². The summed E-state index contributed by atoms with van der Waals surface area (Å²) in [5.74, 6) is 0.189. The number of nitriles is 1. The molecule has 1 aromatic carbocycles. The van der Waals surface area contributed by atoms with Crippen LogP contribution in [0.4, 0.5) is 15.1 Å². The lowest BCUT2D eigenvalue weighted by molar-refractivity contribution is 0.0574. The number of halogens is 1. The second-order valence-corrected chi connectivity index (χ2v) is 9.73. The lowest BCUT2D eigenvalue weighted by Gasteiger charge is -2.28. The number of ether oxygens (including phenoxy) is 2. The highest BCUT2D eigenvalue weighted by molar-refractivity contribution is 5.87. The Morgan fingerprint density at radius 2 is 2.16 bits per heavy atom. The first-order valence-corrected chi connectivity index (χ1v) is 12.0. The first-order valence-electron chi connectivity index (χ1n) is 12.0.